The van der Waals surface area contributed by atoms with Crippen LogP contribution in [0, 0.1) is 0 Å². The maximum atomic E-state index is 11.9. The number of nitrogens with two attached hydrogens (primary N) is 1. The van der Waals surface area contributed by atoms with Crippen molar-refractivity contribution in [3.63, 3.8) is 0 Å². The first kappa shape index (κ1) is 12.5. The number of H-pyrrole nitrogens is 1. The topological polar surface area (TPSA) is 71.8 Å². The summed E-state index contributed by atoms with van der Waals surface area (Å²) < 4.78 is 35.8. The van der Waals surface area contributed by atoms with Gasteiger partial charge in [-0.25, -0.2) is 4.98 Å². The largest absolute Gasteiger partial charge is 0.389 e. The van der Waals surface area contributed by atoms with Gasteiger partial charge in [-0.1, -0.05) is 6.92 Å². The molecule has 0 aromatic carbocycles. The van der Waals surface area contributed by atoms with Crippen LogP contribution in [0.5, 0.6) is 0 Å². The molecule has 3 N–H and O–H groups in total. The third-order valence-corrected chi connectivity index (χ3v) is 2.10. The van der Waals surface area contributed by atoms with E-state index in [-0.39, 0.29) is 18.1 Å². The molecule has 0 saturated heterocycles. The molecule has 4 nitrogen and oxygen atoms in total. The Labute approximate surface area is 89.7 Å². The molecule has 1 heterocycles. The number of rotatable bonds is 3. The van der Waals surface area contributed by atoms with E-state index in [4.69, 9.17) is 5.73 Å². The van der Waals surface area contributed by atoms with Crippen LogP contribution in [0.15, 0.2) is 4.79 Å². The minimum Gasteiger partial charge on any atom is -0.383 e. The van der Waals surface area contributed by atoms with Crippen LogP contribution >= 0.6 is 0 Å². The van der Waals surface area contributed by atoms with Crippen molar-refractivity contribution < 1.29 is 13.2 Å². The quantitative estimate of drug-likeness (QED) is 0.832. The van der Waals surface area contributed by atoms with E-state index < -0.39 is 18.2 Å². The normalized spacial score (nSPS) is 11.8. The number of alkyl halides is 3. The van der Waals surface area contributed by atoms with Crippen LogP contribution in [0.1, 0.15) is 24.7 Å². The van der Waals surface area contributed by atoms with Gasteiger partial charge < -0.3 is 10.7 Å². The Morgan fingerprint density at radius 3 is 2.50 bits per heavy atom. The second-order valence-corrected chi connectivity index (χ2v) is 3.35. The van der Waals surface area contributed by atoms with Crippen molar-refractivity contribution in [2.75, 3.05) is 5.73 Å². The first-order chi connectivity index (χ1) is 7.33. The van der Waals surface area contributed by atoms with Crippen molar-refractivity contribution >= 4 is 5.82 Å². The third-order valence-electron chi connectivity index (χ3n) is 2.10. The van der Waals surface area contributed by atoms with Crippen LogP contribution in [0.4, 0.5) is 19.0 Å². The highest BCUT2D eigenvalue weighted by Gasteiger charge is 2.27. The smallest absolute Gasteiger partial charge is 0.383 e. The highest BCUT2D eigenvalue weighted by atomic mass is 19.4. The molecule has 7 heteroatoms. The van der Waals surface area contributed by atoms with E-state index in [9.17, 15) is 18.0 Å². The Bertz CT molecular complexity index is 425. The van der Waals surface area contributed by atoms with Gasteiger partial charge in [0.05, 0.1) is 12.0 Å². The summed E-state index contributed by atoms with van der Waals surface area (Å²) in [5.41, 5.74) is 5.30. The molecular weight excluding hydrogens is 223 g/mol. The molecule has 0 aliphatic carbocycles. The lowest BCUT2D eigenvalue weighted by molar-refractivity contribution is -0.134. The molecule has 1 aromatic heterocycles. The van der Waals surface area contributed by atoms with Crippen molar-refractivity contribution in [3.8, 4) is 0 Å². The zero-order valence-electron chi connectivity index (χ0n) is 8.69. The van der Waals surface area contributed by atoms with Crippen LogP contribution in [0.25, 0.3) is 0 Å². The van der Waals surface area contributed by atoms with Crippen LogP contribution < -0.4 is 11.3 Å². The molecule has 0 aliphatic rings. The fraction of sp³-hybridized carbons (Fsp3) is 0.556. The molecule has 0 amide bonds. The maximum absolute atomic E-state index is 11.9. The first-order valence-electron chi connectivity index (χ1n) is 4.77. The fourth-order valence-corrected chi connectivity index (χ4v) is 1.28. The molecule has 1 rings (SSSR count). The second-order valence-electron chi connectivity index (χ2n) is 3.35. The Kier molecular flexibility index (Phi) is 3.56. The number of aromatic amines is 1. The van der Waals surface area contributed by atoms with Crippen LogP contribution in [-0.2, 0) is 12.8 Å². The highest BCUT2D eigenvalue weighted by molar-refractivity contribution is 5.37. The molecule has 1 aromatic rings. The van der Waals surface area contributed by atoms with Gasteiger partial charge in [0.1, 0.15) is 11.6 Å². The number of aryl methyl sites for hydroxylation is 1. The SMILES string of the molecule is CCc1c(N)nc(CCC(F)(F)F)[nH]c1=O. The predicted octanol–water partition coefficient (Wildman–Crippen LogP) is 1.41. The van der Waals surface area contributed by atoms with Gasteiger partial charge in [-0.2, -0.15) is 13.2 Å². The van der Waals surface area contributed by atoms with E-state index in [1.807, 2.05) is 0 Å². The molecule has 0 atom stereocenters. The summed E-state index contributed by atoms with van der Waals surface area (Å²) >= 11 is 0. The lowest BCUT2D eigenvalue weighted by Crippen LogP contribution is -2.20. The monoisotopic (exact) mass is 235 g/mol. The van der Waals surface area contributed by atoms with Crippen molar-refractivity contribution in [2.45, 2.75) is 32.4 Å². The van der Waals surface area contributed by atoms with Gasteiger partial charge >= 0.3 is 6.18 Å². The molecule has 0 radical (unpaired) electrons. The number of halogens is 3. The summed E-state index contributed by atoms with van der Waals surface area (Å²) in [6, 6.07) is 0. The number of aromatic nitrogens is 2. The van der Waals surface area contributed by atoms with Gasteiger partial charge in [0.25, 0.3) is 5.56 Å². The van der Waals surface area contributed by atoms with Gasteiger partial charge in [0.15, 0.2) is 0 Å². The average molecular weight is 235 g/mol. The Morgan fingerprint density at radius 1 is 1.44 bits per heavy atom. The maximum Gasteiger partial charge on any atom is 0.389 e. The van der Waals surface area contributed by atoms with Crippen molar-refractivity contribution in [2.24, 2.45) is 0 Å². The lowest BCUT2D eigenvalue weighted by atomic mass is 10.2. The molecule has 0 spiro atoms. The summed E-state index contributed by atoms with van der Waals surface area (Å²) in [7, 11) is 0. The molecule has 90 valence electrons. The summed E-state index contributed by atoms with van der Waals surface area (Å²) in [5, 5.41) is 0. The summed E-state index contributed by atoms with van der Waals surface area (Å²) in [6.45, 7) is 1.72. The number of nitrogens with one attached hydrogen (secondary N) is 1. The van der Waals surface area contributed by atoms with E-state index in [1.165, 1.54) is 0 Å². The molecule has 0 fully saturated rings. The van der Waals surface area contributed by atoms with Crippen molar-refractivity contribution in [3.05, 3.63) is 21.7 Å². The van der Waals surface area contributed by atoms with E-state index in [1.54, 1.807) is 6.92 Å². The minimum absolute atomic E-state index is 0.00317. The van der Waals surface area contributed by atoms with Gasteiger partial charge in [-0.05, 0) is 6.42 Å². The zero-order valence-corrected chi connectivity index (χ0v) is 8.69. The van der Waals surface area contributed by atoms with Crippen molar-refractivity contribution in [1.29, 1.82) is 0 Å². The average Bonchev–Trinajstić information content (AvgIpc) is 2.13. The van der Waals surface area contributed by atoms with Gasteiger partial charge in [0.2, 0.25) is 0 Å². The van der Waals surface area contributed by atoms with Crippen LogP contribution in [0.2, 0.25) is 0 Å². The van der Waals surface area contributed by atoms with Gasteiger partial charge in [-0.15, -0.1) is 0 Å². The predicted molar refractivity (Wildman–Crippen MR) is 53.0 cm³/mol. The number of hydrogen-bond acceptors (Lipinski definition) is 3. The molecular formula is C9H12F3N3O. The molecule has 16 heavy (non-hydrogen) atoms. The third kappa shape index (κ3) is 3.25. The molecule has 0 saturated carbocycles. The lowest BCUT2D eigenvalue weighted by Gasteiger charge is -2.07. The standard InChI is InChI=1S/C9H12F3N3O/c1-2-5-7(13)14-6(15-8(5)16)3-4-9(10,11)12/h2-4H2,1H3,(H3,13,14,15,16). The highest BCUT2D eigenvalue weighted by Crippen LogP contribution is 2.21. The summed E-state index contributed by atoms with van der Waals surface area (Å²) in [4.78, 5) is 17.4. The number of anilines is 1. The van der Waals surface area contributed by atoms with E-state index in [0.717, 1.165) is 0 Å². The Hall–Kier alpha value is -1.53. The van der Waals surface area contributed by atoms with E-state index >= 15 is 0 Å². The summed E-state index contributed by atoms with van der Waals surface area (Å²) in [5.74, 6) is -0.0274. The van der Waals surface area contributed by atoms with Gasteiger partial charge in [0, 0.05) is 6.42 Å². The minimum atomic E-state index is -4.27. The van der Waals surface area contributed by atoms with Gasteiger partial charge in [-0.3, -0.25) is 4.79 Å². The van der Waals surface area contributed by atoms with Crippen LogP contribution in [0.3, 0.4) is 0 Å². The van der Waals surface area contributed by atoms with E-state index in [0.29, 0.717) is 12.0 Å². The number of nitrogens with zero attached hydrogens (tertiary/aromatic N) is 1. The fourth-order valence-electron chi connectivity index (χ4n) is 1.28. The Morgan fingerprint density at radius 2 is 2.06 bits per heavy atom. The molecule has 0 unspecified atom stereocenters. The molecule has 0 bridgehead atoms. The van der Waals surface area contributed by atoms with E-state index in [2.05, 4.69) is 9.97 Å². The van der Waals surface area contributed by atoms with Crippen LogP contribution in [-0.4, -0.2) is 16.1 Å². The molecule has 0 aliphatic heterocycles. The van der Waals surface area contributed by atoms with Crippen molar-refractivity contribution in [1.82, 2.24) is 9.97 Å². The number of hydrogen-bond donors (Lipinski definition) is 2. The summed E-state index contributed by atoms with van der Waals surface area (Å²) in [6.07, 6.45) is -5.27. The zero-order chi connectivity index (χ0) is 12.3. The Balaban J connectivity index is 2.88. The number of nitrogen functional groups attached to an aromatic ring is 1. The first-order valence-corrected chi connectivity index (χ1v) is 4.77. The second kappa shape index (κ2) is 4.54.